The minimum atomic E-state index is -0.620. The van der Waals surface area contributed by atoms with Crippen LogP contribution in [0.3, 0.4) is 0 Å². The number of carbonyl (C=O) groups is 3. The molecule has 3 amide bonds. The van der Waals surface area contributed by atoms with E-state index >= 15 is 0 Å². The molecule has 0 bridgehead atoms. The standard InChI is InChI=1S/C27H38N4O5/c1-18-21-17-20(35-4)7-8-22(21)30(3)23(18)25(33)31-13-10-27(11-14-31)9-5-6-15-36-16-12-28-24(32)19(2)29-26(27)34/h7-8,17,19H,5-6,9-16H2,1-4H3,(H,28,32)(H,29,34)/t19-/m0/s1. The van der Waals surface area contributed by atoms with Gasteiger partial charge in [0.2, 0.25) is 11.8 Å². The van der Waals surface area contributed by atoms with Crippen molar-refractivity contribution in [1.29, 1.82) is 0 Å². The Morgan fingerprint density at radius 3 is 2.61 bits per heavy atom. The predicted molar refractivity (Wildman–Crippen MR) is 137 cm³/mol. The van der Waals surface area contributed by atoms with Gasteiger partial charge in [0.1, 0.15) is 17.5 Å². The van der Waals surface area contributed by atoms with Crippen LogP contribution in [0.2, 0.25) is 0 Å². The number of nitrogens with one attached hydrogen (secondary N) is 2. The average molecular weight is 499 g/mol. The zero-order valence-electron chi connectivity index (χ0n) is 21.8. The molecule has 2 N–H and O–H groups in total. The van der Waals surface area contributed by atoms with E-state index in [1.807, 2.05) is 41.6 Å². The fourth-order valence-corrected chi connectivity index (χ4v) is 5.50. The lowest BCUT2D eigenvalue weighted by Gasteiger charge is -2.41. The van der Waals surface area contributed by atoms with E-state index in [0.717, 1.165) is 35.1 Å². The summed E-state index contributed by atoms with van der Waals surface area (Å²) in [5.74, 6) is 0.431. The molecule has 1 atom stereocenters. The van der Waals surface area contributed by atoms with Crippen LogP contribution in [0.15, 0.2) is 18.2 Å². The number of benzene rings is 1. The third-order valence-corrected chi connectivity index (χ3v) is 7.83. The number of carbonyl (C=O) groups excluding carboxylic acids is 3. The van der Waals surface area contributed by atoms with Gasteiger partial charge in [0.15, 0.2) is 0 Å². The summed E-state index contributed by atoms with van der Waals surface area (Å²) in [7, 11) is 3.55. The van der Waals surface area contributed by atoms with Crippen molar-refractivity contribution in [3.63, 3.8) is 0 Å². The lowest BCUT2D eigenvalue weighted by Crippen LogP contribution is -2.54. The second-order valence-corrected chi connectivity index (χ2v) is 10.0. The van der Waals surface area contributed by atoms with Gasteiger partial charge in [0.25, 0.3) is 5.91 Å². The van der Waals surface area contributed by atoms with Crippen molar-refractivity contribution in [3.8, 4) is 5.75 Å². The molecular weight excluding hydrogens is 460 g/mol. The molecule has 1 aromatic heterocycles. The Morgan fingerprint density at radius 1 is 1.14 bits per heavy atom. The van der Waals surface area contributed by atoms with Crippen molar-refractivity contribution in [1.82, 2.24) is 20.1 Å². The molecule has 1 aromatic carbocycles. The lowest BCUT2D eigenvalue weighted by molar-refractivity contribution is -0.137. The first-order chi connectivity index (χ1) is 17.3. The number of aryl methyl sites for hydroxylation is 2. The summed E-state index contributed by atoms with van der Waals surface area (Å²) in [4.78, 5) is 41.3. The highest BCUT2D eigenvalue weighted by atomic mass is 16.5. The van der Waals surface area contributed by atoms with Crippen molar-refractivity contribution in [2.24, 2.45) is 12.5 Å². The Balaban J connectivity index is 1.52. The minimum Gasteiger partial charge on any atom is -0.497 e. The number of fused-ring (bicyclic) bond motifs is 1. The highest BCUT2D eigenvalue weighted by Gasteiger charge is 2.43. The first-order valence-corrected chi connectivity index (χ1v) is 12.9. The number of methoxy groups -OCH3 is 1. The van der Waals surface area contributed by atoms with Gasteiger partial charge in [-0.3, -0.25) is 14.4 Å². The zero-order chi connectivity index (χ0) is 25.9. The number of likely N-dealkylation sites (tertiary alicyclic amines) is 1. The number of hydrogen-bond acceptors (Lipinski definition) is 5. The van der Waals surface area contributed by atoms with Crippen molar-refractivity contribution < 1.29 is 23.9 Å². The van der Waals surface area contributed by atoms with Gasteiger partial charge in [-0.1, -0.05) is 6.42 Å². The third kappa shape index (κ3) is 5.07. The molecule has 0 saturated carbocycles. The Kier molecular flexibility index (Phi) is 7.88. The molecule has 2 aromatic rings. The maximum atomic E-state index is 13.7. The molecule has 2 aliphatic heterocycles. The third-order valence-electron chi connectivity index (χ3n) is 7.83. The maximum absolute atomic E-state index is 13.7. The summed E-state index contributed by atoms with van der Waals surface area (Å²) in [6, 6.07) is 5.22. The second kappa shape index (κ2) is 10.9. The molecule has 2 fully saturated rings. The number of amides is 3. The van der Waals surface area contributed by atoms with E-state index in [9.17, 15) is 14.4 Å². The molecule has 2 aliphatic rings. The Morgan fingerprint density at radius 2 is 1.89 bits per heavy atom. The van der Waals surface area contributed by atoms with Crippen LogP contribution in [-0.2, 0) is 21.4 Å². The summed E-state index contributed by atoms with van der Waals surface area (Å²) < 4.78 is 12.9. The lowest BCUT2D eigenvalue weighted by atomic mass is 9.73. The quantitative estimate of drug-likeness (QED) is 0.663. The highest BCUT2D eigenvalue weighted by molar-refractivity contribution is 6.02. The van der Waals surface area contributed by atoms with Crippen molar-refractivity contribution in [3.05, 3.63) is 29.5 Å². The molecule has 196 valence electrons. The van der Waals surface area contributed by atoms with E-state index in [-0.39, 0.29) is 17.7 Å². The molecule has 36 heavy (non-hydrogen) atoms. The van der Waals surface area contributed by atoms with E-state index < -0.39 is 11.5 Å². The number of rotatable bonds is 2. The molecule has 3 heterocycles. The maximum Gasteiger partial charge on any atom is 0.270 e. The van der Waals surface area contributed by atoms with Crippen molar-refractivity contribution in [2.45, 2.75) is 52.0 Å². The van der Waals surface area contributed by atoms with Crippen LogP contribution in [0.5, 0.6) is 5.75 Å². The monoisotopic (exact) mass is 498 g/mol. The molecular formula is C27H38N4O5. The summed E-state index contributed by atoms with van der Waals surface area (Å²) in [6.07, 6.45) is 3.57. The van der Waals surface area contributed by atoms with Crippen molar-refractivity contribution >= 4 is 28.6 Å². The van der Waals surface area contributed by atoms with E-state index in [1.165, 1.54) is 0 Å². The fraction of sp³-hybridized carbons (Fsp3) is 0.593. The van der Waals surface area contributed by atoms with Gasteiger partial charge in [-0.2, -0.15) is 0 Å². The Bertz CT molecular complexity index is 1130. The normalized spacial score (nSPS) is 21.8. The van der Waals surface area contributed by atoms with Crippen LogP contribution in [0, 0.1) is 12.3 Å². The molecule has 2 saturated heterocycles. The summed E-state index contributed by atoms with van der Waals surface area (Å²) in [6.45, 7) is 6.17. The predicted octanol–water partition coefficient (Wildman–Crippen LogP) is 2.54. The topological polar surface area (TPSA) is 102 Å². The second-order valence-electron chi connectivity index (χ2n) is 10.0. The van der Waals surface area contributed by atoms with Gasteiger partial charge in [-0.15, -0.1) is 0 Å². The zero-order valence-corrected chi connectivity index (χ0v) is 21.8. The van der Waals surface area contributed by atoms with Crippen LogP contribution in [0.4, 0.5) is 0 Å². The van der Waals surface area contributed by atoms with Crippen LogP contribution < -0.4 is 15.4 Å². The molecule has 4 rings (SSSR count). The Hall–Kier alpha value is -3.07. The first-order valence-electron chi connectivity index (χ1n) is 12.9. The number of piperidine rings is 1. The van der Waals surface area contributed by atoms with Crippen molar-refractivity contribution in [2.75, 3.05) is 40.0 Å². The molecule has 1 spiro atoms. The summed E-state index contributed by atoms with van der Waals surface area (Å²) in [5, 5.41) is 6.75. The van der Waals surface area contributed by atoms with E-state index in [1.54, 1.807) is 14.0 Å². The van der Waals surface area contributed by atoms with Gasteiger partial charge in [-0.25, -0.2) is 0 Å². The fourth-order valence-electron chi connectivity index (χ4n) is 5.50. The van der Waals surface area contributed by atoms with E-state index in [2.05, 4.69) is 10.6 Å². The van der Waals surface area contributed by atoms with Gasteiger partial charge in [-0.05, 0) is 63.3 Å². The van der Waals surface area contributed by atoms with E-state index in [4.69, 9.17) is 9.47 Å². The van der Waals surface area contributed by atoms with Crippen LogP contribution in [-0.4, -0.2) is 73.2 Å². The number of hydrogen-bond donors (Lipinski definition) is 2. The largest absolute Gasteiger partial charge is 0.497 e. The van der Waals surface area contributed by atoms with Gasteiger partial charge in [0.05, 0.1) is 19.1 Å². The van der Waals surface area contributed by atoms with Gasteiger partial charge >= 0.3 is 0 Å². The van der Waals surface area contributed by atoms with Gasteiger partial charge < -0.3 is 29.6 Å². The molecule has 9 nitrogen and oxygen atoms in total. The number of nitrogens with zero attached hydrogens (tertiary/aromatic N) is 2. The summed E-state index contributed by atoms with van der Waals surface area (Å²) >= 11 is 0. The first kappa shape index (κ1) is 26.0. The van der Waals surface area contributed by atoms with Crippen LogP contribution >= 0.6 is 0 Å². The number of aromatic nitrogens is 1. The molecule has 0 radical (unpaired) electrons. The molecule has 9 heteroatoms. The van der Waals surface area contributed by atoms with E-state index in [0.29, 0.717) is 57.8 Å². The smallest absolute Gasteiger partial charge is 0.270 e. The average Bonchev–Trinajstić information content (AvgIpc) is 3.13. The van der Waals surface area contributed by atoms with Gasteiger partial charge in [0, 0.05) is 44.2 Å². The summed E-state index contributed by atoms with van der Waals surface area (Å²) in [5.41, 5.74) is 1.97. The molecule has 0 unspecified atom stereocenters. The SMILES string of the molecule is COc1ccc2c(c1)c(C)c(C(=O)N1CCC3(CCCCOCCNC(=O)[C@H](C)NC3=O)CC1)n2C. The van der Waals surface area contributed by atoms with Crippen LogP contribution in [0.1, 0.15) is 55.1 Å². The molecule has 0 aliphatic carbocycles. The van der Waals surface area contributed by atoms with Crippen LogP contribution in [0.25, 0.3) is 10.9 Å². The highest BCUT2D eigenvalue weighted by Crippen LogP contribution is 2.38. The number of ether oxygens (including phenoxy) is 2. The minimum absolute atomic E-state index is 0.0220. The Labute approximate surface area is 212 Å².